The minimum Gasteiger partial charge on any atom is -0.468 e. The number of primary amides is 1. The topological polar surface area (TPSA) is 137 Å². The van der Waals surface area contributed by atoms with Crippen molar-refractivity contribution in [3.63, 3.8) is 0 Å². The normalized spacial score (nSPS) is 11.5. The third-order valence-electron chi connectivity index (χ3n) is 1.19. The Bertz CT molecular complexity index is 242. The van der Waals surface area contributed by atoms with Crippen LogP contribution >= 0.6 is 0 Å². The molecule has 0 bridgehead atoms. The molecule has 9 heteroatoms. The molecule has 2 amide bonds. The van der Waals surface area contributed by atoms with E-state index in [0.717, 1.165) is 7.11 Å². The molecule has 0 saturated heterocycles. The number of methoxy groups -OCH3 is 1. The van der Waals surface area contributed by atoms with E-state index in [2.05, 4.69) is 15.9 Å². The minimum absolute atomic E-state index is 0.715. The highest BCUT2D eigenvalue weighted by Gasteiger charge is 2.24. The highest BCUT2D eigenvalue weighted by atomic mass is 16.6. The maximum atomic E-state index is 10.9. The van der Waals surface area contributed by atoms with Crippen LogP contribution in [0.15, 0.2) is 0 Å². The summed E-state index contributed by atoms with van der Waals surface area (Å²) in [6, 6.07) is -2.22. The second-order valence-corrected chi connectivity index (χ2v) is 2.22. The zero-order valence-corrected chi connectivity index (χ0v) is 7.35. The van der Waals surface area contributed by atoms with Gasteiger partial charge in [-0.1, -0.05) is 0 Å². The van der Waals surface area contributed by atoms with Crippen LogP contribution in [-0.4, -0.2) is 36.6 Å². The molecule has 0 aliphatic carbocycles. The molecule has 14 heavy (non-hydrogen) atoms. The molecular weight excluding hydrogens is 196 g/mol. The van der Waals surface area contributed by atoms with Crippen LogP contribution in [0.1, 0.15) is 0 Å². The van der Waals surface area contributed by atoms with Gasteiger partial charge < -0.3 is 10.5 Å². The monoisotopic (exact) mass is 206 g/mol. The predicted molar refractivity (Wildman–Crippen MR) is 43.5 cm³/mol. The van der Waals surface area contributed by atoms with E-state index in [1.54, 1.807) is 0 Å². The van der Waals surface area contributed by atoms with Gasteiger partial charge in [-0.2, -0.15) is 0 Å². The van der Waals surface area contributed by atoms with Crippen molar-refractivity contribution in [2.75, 3.05) is 13.7 Å². The van der Waals surface area contributed by atoms with E-state index < -0.39 is 29.5 Å². The molecule has 0 aromatic carbocycles. The molecule has 1 unspecified atom stereocenters. The lowest BCUT2D eigenvalue weighted by Gasteiger charge is -2.11. The van der Waals surface area contributed by atoms with Gasteiger partial charge in [-0.15, -0.1) is 0 Å². The smallest absolute Gasteiger partial charge is 0.331 e. The number of hydrazine groups is 1. The number of amides is 2. The van der Waals surface area contributed by atoms with Gasteiger partial charge >= 0.3 is 12.0 Å². The summed E-state index contributed by atoms with van der Waals surface area (Å²) in [5, 5.41) is 10.1. The number of carbonyl (C=O) groups is 2. The Kier molecular flexibility index (Phi) is 4.92. The van der Waals surface area contributed by atoms with E-state index in [4.69, 9.17) is 0 Å². The van der Waals surface area contributed by atoms with Crippen LogP contribution < -0.4 is 16.6 Å². The maximum Gasteiger partial charge on any atom is 0.331 e. The number of rotatable bonds is 5. The summed E-state index contributed by atoms with van der Waals surface area (Å²) in [4.78, 5) is 30.5. The van der Waals surface area contributed by atoms with Gasteiger partial charge in [-0.25, -0.2) is 10.2 Å². The van der Waals surface area contributed by atoms with Crippen molar-refractivity contribution in [2.24, 2.45) is 5.73 Å². The Morgan fingerprint density at radius 2 is 2.21 bits per heavy atom. The van der Waals surface area contributed by atoms with Crippen LogP contribution in [0.2, 0.25) is 0 Å². The first-order chi connectivity index (χ1) is 6.47. The minimum atomic E-state index is -1.26. The van der Waals surface area contributed by atoms with Gasteiger partial charge in [0.25, 0.3) is 0 Å². The predicted octanol–water partition coefficient (Wildman–Crippen LogP) is -2.02. The van der Waals surface area contributed by atoms with Gasteiger partial charge in [-0.3, -0.25) is 20.3 Å². The fourth-order valence-corrected chi connectivity index (χ4v) is 0.629. The number of nitro groups is 1. The molecule has 0 heterocycles. The van der Waals surface area contributed by atoms with Crippen LogP contribution in [-0.2, 0) is 9.53 Å². The molecule has 0 aliphatic rings. The number of nitrogens with zero attached hydrogens (tertiary/aromatic N) is 1. The summed E-state index contributed by atoms with van der Waals surface area (Å²) in [7, 11) is 1.07. The average Bonchev–Trinajstić information content (AvgIpc) is 2.10. The number of carbonyl (C=O) groups excluding carboxylic acids is 2. The summed E-state index contributed by atoms with van der Waals surface area (Å²) in [5.41, 5.74) is 8.59. The lowest BCUT2D eigenvalue weighted by atomic mass is 10.3. The zero-order valence-electron chi connectivity index (χ0n) is 7.35. The van der Waals surface area contributed by atoms with Crippen LogP contribution in [0.25, 0.3) is 0 Å². The third kappa shape index (κ3) is 4.87. The SMILES string of the molecule is COC(=O)C(C[N+](=O)[O-])NNC(N)=O. The molecule has 0 fully saturated rings. The first kappa shape index (κ1) is 12.1. The van der Waals surface area contributed by atoms with Crippen molar-refractivity contribution in [3.05, 3.63) is 10.1 Å². The highest BCUT2D eigenvalue weighted by Crippen LogP contribution is 1.87. The van der Waals surface area contributed by atoms with Crippen molar-refractivity contribution in [2.45, 2.75) is 6.04 Å². The first-order valence-electron chi connectivity index (χ1n) is 3.48. The standard InChI is InChI=1S/C5H10N4O5/c1-14-4(10)3(2-9(12)13)7-8-5(6)11/h3,7H,2H2,1H3,(H3,6,8,11). The van der Waals surface area contributed by atoms with Gasteiger partial charge in [0.15, 0.2) is 6.04 Å². The summed E-state index contributed by atoms with van der Waals surface area (Å²) >= 11 is 0. The van der Waals surface area contributed by atoms with E-state index in [1.165, 1.54) is 0 Å². The molecule has 0 aliphatic heterocycles. The summed E-state index contributed by atoms with van der Waals surface area (Å²) in [5.74, 6) is -0.865. The number of urea groups is 1. The number of hydrogen-bond acceptors (Lipinski definition) is 6. The molecule has 1 atom stereocenters. The zero-order chi connectivity index (χ0) is 11.1. The third-order valence-corrected chi connectivity index (χ3v) is 1.19. The summed E-state index contributed by atoms with van der Waals surface area (Å²) in [6.45, 7) is -0.715. The van der Waals surface area contributed by atoms with Gasteiger partial charge in [0.1, 0.15) is 0 Å². The van der Waals surface area contributed by atoms with E-state index in [-0.39, 0.29) is 0 Å². The Balaban J connectivity index is 4.17. The summed E-state index contributed by atoms with van der Waals surface area (Å²) in [6.07, 6.45) is 0. The molecule has 0 rings (SSSR count). The number of nitrogens with one attached hydrogen (secondary N) is 2. The van der Waals surface area contributed by atoms with E-state index >= 15 is 0 Å². The Morgan fingerprint density at radius 3 is 2.57 bits per heavy atom. The highest BCUT2D eigenvalue weighted by molar-refractivity contribution is 5.77. The quantitative estimate of drug-likeness (QED) is 0.269. The number of hydrogen-bond donors (Lipinski definition) is 3. The molecule has 80 valence electrons. The second kappa shape index (κ2) is 5.70. The van der Waals surface area contributed by atoms with Gasteiger partial charge in [0, 0.05) is 4.92 Å². The maximum absolute atomic E-state index is 10.9. The van der Waals surface area contributed by atoms with E-state index in [0.29, 0.717) is 0 Å². The lowest BCUT2D eigenvalue weighted by Crippen LogP contribution is -2.53. The van der Waals surface area contributed by atoms with E-state index in [1.807, 2.05) is 5.43 Å². The summed E-state index contributed by atoms with van der Waals surface area (Å²) < 4.78 is 4.25. The number of nitrogens with two attached hydrogens (primary N) is 1. The second-order valence-electron chi connectivity index (χ2n) is 2.22. The van der Waals surface area contributed by atoms with Crippen molar-refractivity contribution < 1.29 is 19.2 Å². The molecule has 4 N–H and O–H groups in total. The molecule has 9 nitrogen and oxygen atoms in total. The molecule has 0 aromatic heterocycles. The molecule has 0 radical (unpaired) electrons. The van der Waals surface area contributed by atoms with Crippen LogP contribution in [0.5, 0.6) is 0 Å². The Labute approximate surface area is 78.7 Å². The fraction of sp³-hybridized carbons (Fsp3) is 0.600. The molecule has 0 saturated carbocycles. The molecule has 0 spiro atoms. The Morgan fingerprint density at radius 1 is 1.64 bits per heavy atom. The van der Waals surface area contributed by atoms with Crippen molar-refractivity contribution in [1.82, 2.24) is 10.9 Å². The largest absolute Gasteiger partial charge is 0.468 e. The van der Waals surface area contributed by atoms with Crippen molar-refractivity contribution in [3.8, 4) is 0 Å². The van der Waals surface area contributed by atoms with Crippen LogP contribution in [0.4, 0.5) is 4.79 Å². The first-order valence-corrected chi connectivity index (χ1v) is 3.48. The van der Waals surface area contributed by atoms with Crippen molar-refractivity contribution >= 4 is 12.0 Å². The van der Waals surface area contributed by atoms with Crippen molar-refractivity contribution in [1.29, 1.82) is 0 Å². The van der Waals surface area contributed by atoms with Crippen LogP contribution in [0, 0.1) is 10.1 Å². The van der Waals surface area contributed by atoms with Gasteiger partial charge in [0.05, 0.1) is 7.11 Å². The van der Waals surface area contributed by atoms with Crippen LogP contribution in [0.3, 0.4) is 0 Å². The fourth-order valence-electron chi connectivity index (χ4n) is 0.629. The number of ether oxygens (including phenoxy) is 1. The van der Waals surface area contributed by atoms with Gasteiger partial charge in [-0.05, 0) is 0 Å². The average molecular weight is 206 g/mol. The molecule has 0 aromatic rings. The van der Waals surface area contributed by atoms with E-state index in [9.17, 15) is 19.7 Å². The Hall–Kier alpha value is -1.90. The van der Waals surface area contributed by atoms with Gasteiger partial charge in [0.2, 0.25) is 6.54 Å². The number of esters is 1. The molecular formula is C5H10N4O5. The lowest BCUT2D eigenvalue weighted by molar-refractivity contribution is -0.482.